The number of aromatic nitrogens is 3. The van der Waals surface area contributed by atoms with E-state index in [0.29, 0.717) is 0 Å². The molecule has 3 rings (SSSR count). The minimum atomic E-state index is 1.10. The van der Waals surface area contributed by atoms with E-state index >= 15 is 0 Å². The lowest BCUT2D eigenvalue weighted by Crippen LogP contribution is -1.66. The van der Waals surface area contributed by atoms with Crippen molar-refractivity contribution in [1.29, 1.82) is 0 Å². The molecule has 0 aliphatic heterocycles. The first-order valence-electron chi connectivity index (χ1n) is 4.46. The van der Waals surface area contributed by atoms with Gasteiger partial charge in [-0.25, -0.2) is 9.97 Å². The van der Waals surface area contributed by atoms with Crippen molar-refractivity contribution in [2.24, 2.45) is 0 Å². The van der Waals surface area contributed by atoms with E-state index in [9.17, 15) is 0 Å². The number of fused-ring (bicyclic) bond motifs is 1. The number of hydrogen-bond donors (Lipinski definition) is 0. The van der Waals surface area contributed by atoms with Crippen LogP contribution in [-0.2, 0) is 0 Å². The number of nitrogens with zero attached hydrogens (tertiary/aromatic N) is 3. The molecule has 0 bridgehead atoms. The van der Waals surface area contributed by atoms with Crippen molar-refractivity contribution in [1.82, 2.24) is 14.3 Å². The fourth-order valence-electron chi connectivity index (χ4n) is 1.06. The summed E-state index contributed by atoms with van der Waals surface area (Å²) in [6.45, 7) is 0. The molecule has 15 heavy (non-hydrogen) atoms. The quantitative estimate of drug-likeness (QED) is 0.578. The molecule has 0 aliphatic carbocycles. The molecule has 0 radical (unpaired) electrons. The smallest absolute Gasteiger partial charge is 0.115 e. The topological polar surface area (TPSA) is 38.7 Å². The van der Waals surface area contributed by atoms with E-state index in [2.05, 4.69) is 25.8 Å². The van der Waals surface area contributed by atoms with Gasteiger partial charge in [-0.3, -0.25) is 0 Å². The van der Waals surface area contributed by atoms with Gasteiger partial charge in [-0.1, -0.05) is 18.2 Å². The van der Waals surface area contributed by atoms with Gasteiger partial charge in [0.15, 0.2) is 0 Å². The molecule has 0 unspecified atom stereocenters. The van der Waals surface area contributed by atoms with Crippen molar-refractivity contribution >= 4 is 22.4 Å². The lowest BCUT2D eigenvalue weighted by molar-refractivity contribution is 1.17. The summed E-state index contributed by atoms with van der Waals surface area (Å²) in [5, 5.41) is 3.29. The Labute approximate surface area is 91.6 Å². The Bertz CT molecular complexity index is 450. The normalized spacial score (nSPS) is 9.33. The van der Waals surface area contributed by atoms with Crippen molar-refractivity contribution in [2.45, 2.75) is 0 Å². The molecule has 1 aromatic carbocycles. The van der Waals surface area contributed by atoms with Crippen LogP contribution < -0.4 is 0 Å². The van der Waals surface area contributed by atoms with Crippen LogP contribution in [0.2, 0.25) is 0 Å². The summed E-state index contributed by atoms with van der Waals surface area (Å²) in [6.07, 6.45) is 4.88. The third-order valence-corrected chi connectivity index (χ3v) is 2.41. The molecule has 3 nitrogen and oxygen atoms in total. The molecule has 74 valence electrons. The van der Waals surface area contributed by atoms with Gasteiger partial charge in [-0.2, -0.15) is 4.37 Å². The Balaban J connectivity index is 0.000000124. The van der Waals surface area contributed by atoms with Crippen LogP contribution in [0.3, 0.4) is 0 Å². The van der Waals surface area contributed by atoms with Crippen LogP contribution in [-0.4, -0.2) is 14.3 Å². The molecular weight excluding hydrogens is 206 g/mol. The van der Waals surface area contributed by atoms with Crippen LogP contribution in [0.15, 0.2) is 54.4 Å². The van der Waals surface area contributed by atoms with Crippen LogP contribution in [0.25, 0.3) is 10.9 Å². The number of rotatable bonds is 0. The Morgan fingerprint density at radius 1 is 0.933 bits per heavy atom. The fraction of sp³-hybridized carbons (Fsp3) is 0. The zero-order valence-electron chi connectivity index (χ0n) is 7.95. The monoisotopic (exact) mass is 215 g/mol. The van der Waals surface area contributed by atoms with E-state index < -0.39 is 0 Å². The van der Waals surface area contributed by atoms with Crippen LogP contribution in [0.1, 0.15) is 0 Å². The maximum atomic E-state index is 4.16. The lowest BCUT2D eigenvalue weighted by Gasteiger charge is -1.80. The summed E-state index contributed by atoms with van der Waals surface area (Å²) in [5.41, 5.74) is 1.10. The summed E-state index contributed by atoms with van der Waals surface area (Å²) < 4.78 is 4.16. The molecule has 0 N–H and O–H groups in total. The Morgan fingerprint density at radius 2 is 1.73 bits per heavy atom. The first kappa shape index (κ1) is 9.73. The van der Waals surface area contributed by atoms with Crippen molar-refractivity contribution < 1.29 is 0 Å². The Morgan fingerprint density at radius 3 is 2.33 bits per heavy atom. The molecule has 2 heterocycles. The molecule has 0 fully saturated rings. The van der Waals surface area contributed by atoms with E-state index in [-0.39, 0.29) is 0 Å². The predicted octanol–water partition coefficient (Wildman–Crippen LogP) is 2.77. The highest BCUT2D eigenvalue weighted by atomic mass is 32.1. The van der Waals surface area contributed by atoms with Gasteiger partial charge in [-0.15, -0.1) is 0 Å². The molecule has 4 heteroatoms. The first-order chi connectivity index (χ1) is 7.47. The molecule has 0 atom stereocenters. The lowest BCUT2D eigenvalue weighted by atomic mass is 10.3. The molecule has 0 saturated heterocycles. The highest BCUT2D eigenvalue weighted by Crippen LogP contribution is 2.12. The minimum absolute atomic E-state index is 1.10. The van der Waals surface area contributed by atoms with Crippen molar-refractivity contribution in [2.75, 3.05) is 0 Å². The van der Waals surface area contributed by atoms with Gasteiger partial charge in [0.05, 0.1) is 5.52 Å². The van der Waals surface area contributed by atoms with Gasteiger partial charge < -0.3 is 0 Å². The third kappa shape index (κ3) is 2.82. The van der Waals surface area contributed by atoms with Gasteiger partial charge in [0, 0.05) is 23.2 Å². The highest BCUT2D eigenvalue weighted by Gasteiger charge is 1.89. The van der Waals surface area contributed by atoms with Crippen LogP contribution in [0.5, 0.6) is 0 Å². The molecule has 0 amide bonds. The predicted molar refractivity (Wildman–Crippen MR) is 61.7 cm³/mol. The second-order valence-corrected chi connectivity index (χ2v) is 3.41. The van der Waals surface area contributed by atoms with Gasteiger partial charge in [0.1, 0.15) is 6.33 Å². The van der Waals surface area contributed by atoms with Crippen molar-refractivity contribution in [3.63, 3.8) is 0 Å². The van der Waals surface area contributed by atoms with Crippen LogP contribution in [0.4, 0.5) is 0 Å². The first-order valence-corrected chi connectivity index (χ1v) is 5.29. The minimum Gasteiger partial charge on any atom is -0.245 e. The standard InChI is InChI=1S/C7H5NS.C4H4N2/c1-2-4-7-6(3-1)5-9-8-7;1-2-5-4-6-3-1/h1-5H;1-4H. The molecule has 3 aromatic rings. The Hall–Kier alpha value is -1.81. The van der Waals surface area contributed by atoms with E-state index in [4.69, 9.17) is 0 Å². The van der Waals surface area contributed by atoms with Gasteiger partial charge in [-0.05, 0) is 23.7 Å². The van der Waals surface area contributed by atoms with Crippen molar-refractivity contribution in [3.8, 4) is 0 Å². The van der Waals surface area contributed by atoms with Crippen LogP contribution in [0, 0.1) is 0 Å². The maximum absolute atomic E-state index is 4.16. The molecule has 0 saturated carbocycles. The Kier molecular flexibility index (Phi) is 3.35. The summed E-state index contributed by atoms with van der Waals surface area (Å²) in [7, 11) is 0. The summed E-state index contributed by atoms with van der Waals surface area (Å²) in [6, 6.07) is 9.89. The fourth-order valence-corrected chi connectivity index (χ4v) is 1.71. The van der Waals surface area contributed by atoms with E-state index in [1.807, 2.05) is 18.2 Å². The van der Waals surface area contributed by atoms with E-state index in [1.54, 1.807) is 18.5 Å². The van der Waals surface area contributed by atoms with E-state index in [0.717, 1.165) is 5.52 Å². The third-order valence-electron chi connectivity index (χ3n) is 1.75. The zero-order chi connectivity index (χ0) is 10.3. The van der Waals surface area contributed by atoms with Gasteiger partial charge in [0.25, 0.3) is 0 Å². The summed E-state index contributed by atoms with van der Waals surface area (Å²) >= 11 is 1.50. The van der Waals surface area contributed by atoms with Gasteiger partial charge >= 0.3 is 0 Å². The molecular formula is C11H9N3S. The number of benzene rings is 1. The maximum Gasteiger partial charge on any atom is 0.115 e. The molecule has 0 aliphatic rings. The van der Waals surface area contributed by atoms with Crippen molar-refractivity contribution in [3.05, 3.63) is 54.4 Å². The molecule has 0 spiro atoms. The number of hydrogen-bond acceptors (Lipinski definition) is 4. The molecule has 2 aromatic heterocycles. The van der Waals surface area contributed by atoms with Gasteiger partial charge in [0.2, 0.25) is 0 Å². The largest absolute Gasteiger partial charge is 0.245 e. The SMILES string of the molecule is c1ccc2nscc2c1.c1cncnc1. The second-order valence-electron chi connectivity index (χ2n) is 2.78. The average molecular weight is 215 g/mol. The van der Waals surface area contributed by atoms with E-state index in [1.165, 1.54) is 23.2 Å². The average Bonchev–Trinajstić information content (AvgIpc) is 2.80. The summed E-state index contributed by atoms with van der Waals surface area (Å²) in [5.74, 6) is 0. The summed E-state index contributed by atoms with van der Waals surface area (Å²) in [4.78, 5) is 7.35. The zero-order valence-corrected chi connectivity index (χ0v) is 8.76. The second kappa shape index (κ2) is 5.17. The highest BCUT2D eigenvalue weighted by molar-refractivity contribution is 7.04. The van der Waals surface area contributed by atoms with Crippen LogP contribution >= 0.6 is 11.5 Å².